The minimum atomic E-state index is -1.04. The lowest BCUT2D eigenvalue weighted by molar-refractivity contribution is -0.142. The van der Waals surface area contributed by atoms with Crippen LogP contribution in [0.2, 0.25) is 0 Å². The van der Waals surface area contributed by atoms with Crippen LogP contribution in [0.25, 0.3) is 0 Å². The van der Waals surface area contributed by atoms with Gasteiger partial charge < -0.3 is 15.3 Å². The number of carboxylic acid groups (broad SMARTS) is 1. The van der Waals surface area contributed by atoms with Crippen LogP contribution >= 0.6 is 0 Å². The maximum absolute atomic E-state index is 13.0. The Kier molecular flexibility index (Phi) is 4.40. The largest absolute Gasteiger partial charge is 0.480 e. The lowest BCUT2D eigenvalue weighted by atomic mass is 10.0. The average Bonchev–Trinajstić information content (AvgIpc) is 2.82. The SMILES string of the molecule is CC1CCN(C(=O)NCc2ccc(F)c(F)c2)C1C(=O)O. The molecule has 2 N–H and O–H groups in total. The standard InChI is InChI=1S/C14H16F2N2O3/c1-8-4-5-18(12(8)13(19)20)14(21)17-7-9-2-3-10(15)11(16)6-9/h2-3,6,8,12H,4-5,7H2,1H3,(H,17,21)(H,19,20). The molecule has 0 bridgehead atoms. The predicted octanol–water partition coefficient (Wildman–Crippen LogP) is 1.97. The minimum absolute atomic E-state index is 0.00720. The van der Waals surface area contributed by atoms with Crippen molar-refractivity contribution in [3.63, 3.8) is 0 Å². The summed E-state index contributed by atoms with van der Waals surface area (Å²) in [5, 5.41) is 11.7. The fraction of sp³-hybridized carbons (Fsp3) is 0.429. The first kappa shape index (κ1) is 15.2. The molecule has 0 spiro atoms. The Labute approximate surface area is 120 Å². The number of carbonyl (C=O) groups is 2. The van der Waals surface area contributed by atoms with Gasteiger partial charge >= 0.3 is 12.0 Å². The van der Waals surface area contributed by atoms with Gasteiger partial charge in [-0.2, -0.15) is 0 Å². The fourth-order valence-electron chi connectivity index (χ4n) is 2.48. The number of nitrogens with zero attached hydrogens (tertiary/aromatic N) is 1. The second kappa shape index (κ2) is 6.07. The van der Waals surface area contributed by atoms with Gasteiger partial charge in [0.15, 0.2) is 11.6 Å². The molecule has 1 aliphatic rings. The quantitative estimate of drug-likeness (QED) is 0.896. The lowest BCUT2D eigenvalue weighted by Crippen LogP contribution is -2.47. The molecule has 0 radical (unpaired) electrons. The van der Waals surface area contributed by atoms with Crippen LogP contribution in [0, 0.1) is 17.6 Å². The number of aliphatic carboxylic acids is 1. The number of carbonyl (C=O) groups excluding carboxylic acids is 1. The van der Waals surface area contributed by atoms with Gasteiger partial charge in [0.1, 0.15) is 6.04 Å². The summed E-state index contributed by atoms with van der Waals surface area (Å²) in [7, 11) is 0. The maximum atomic E-state index is 13.0. The van der Waals surface area contributed by atoms with Crippen LogP contribution in [0.1, 0.15) is 18.9 Å². The van der Waals surface area contributed by atoms with Gasteiger partial charge in [-0.05, 0) is 30.0 Å². The summed E-state index contributed by atoms with van der Waals surface area (Å²) < 4.78 is 25.8. The van der Waals surface area contributed by atoms with Crippen molar-refractivity contribution < 1.29 is 23.5 Å². The van der Waals surface area contributed by atoms with Gasteiger partial charge in [0.25, 0.3) is 0 Å². The molecule has 2 atom stereocenters. The van der Waals surface area contributed by atoms with Crippen molar-refractivity contribution in [2.75, 3.05) is 6.54 Å². The van der Waals surface area contributed by atoms with Crippen molar-refractivity contribution in [3.8, 4) is 0 Å². The number of amides is 2. The summed E-state index contributed by atoms with van der Waals surface area (Å²) in [6.45, 7) is 2.15. The number of likely N-dealkylation sites (tertiary alicyclic amines) is 1. The predicted molar refractivity (Wildman–Crippen MR) is 70.5 cm³/mol. The van der Waals surface area contributed by atoms with E-state index in [9.17, 15) is 18.4 Å². The number of hydrogen-bond acceptors (Lipinski definition) is 2. The average molecular weight is 298 g/mol. The first-order chi connectivity index (χ1) is 9.90. The van der Waals surface area contributed by atoms with Crippen molar-refractivity contribution >= 4 is 12.0 Å². The van der Waals surface area contributed by atoms with E-state index in [1.54, 1.807) is 6.92 Å². The Balaban J connectivity index is 1.98. The number of nitrogens with one attached hydrogen (secondary N) is 1. The number of urea groups is 1. The highest BCUT2D eigenvalue weighted by Gasteiger charge is 2.39. The molecule has 2 rings (SSSR count). The van der Waals surface area contributed by atoms with Crippen molar-refractivity contribution in [2.24, 2.45) is 5.92 Å². The zero-order valence-corrected chi connectivity index (χ0v) is 11.5. The molecule has 114 valence electrons. The monoisotopic (exact) mass is 298 g/mol. The van der Waals surface area contributed by atoms with E-state index in [0.717, 1.165) is 12.1 Å². The van der Waals surface area contributed by atoms with Crippen LogP contribution in [0.3, 0.4) is 0 Å². The maximum Gasteiger partial charge on any atom is 0.326 e. The van der Waals surface area contributed by atoms with Crippen LogP contribution in [0.5, 0.6) is 0 Å². The molecule has 2 unspecified atom stereocenters. The first-order valence-corrected chi connectivity index (χ1v) is 6.61. The third-order valence-electron chi connectivity index (χ3n) is 3.64. The third-order valence-corrected chi connectivity index (χ3v) is 3.64. The van der Waals surface area contributed by atoms with E-state index in [-0.39, 0.29) is 12.5 Å². The van der Waals surface area contributed by atoms with Gasteiger partial charge in [0.2, 0.25) is 0 Å². The van der Waals surface area contributed by atoms with E-state index in [1.807, 2.05) is 0 Å². The van der Waals surface area contributed by atoms with Crippen LogP contribution in [-0.2, 0) is 11.3 Å². The Morgan fingerprint density at radius 1 is 1.38 bits per heavy atom. The molecule has 5 nitrogen and oxygen atoms in total. The highest BCUT2D eigenvalue weighted by molar-refractivity contribution is 5.83. The number of hydrogen-bond donors (Lipinski definition) is 2. The molecule has 0 aliphatic carbocycles. The molecule has 1 heterocycles. The number of halogens is 2. The van der Waals surface area contributed by atoms with Gasteiger partial charge in [-0.25, -0.2) is 18.4 Å². The van der Waals surface area contributed by atoms with Crippen molar-refractivity contribution in [2.45, 2.75) is 25.9 Å². The Bertz CT molecular complexity index is 565. The minimum Gasteiger partial charge on any atom is -0.480 e. The molecule has 2 amide bonds. The van der Waals surface area contributed by atoms with E-state index < -0.39 is 29.7 Å². The van der Waals surface area contributed by atoms with Gasteiger partial charge in [-0.3, -0.25) is 0 Å². The Morgan fingerprint density at radius 2 is 2.10 bits per heavy atom. The normalized spacial score (nSPS) is 21.4. The Hall–Kier alpha value is -2.18. The van der Waals surface area contributed by atoms with Crippen molar-refractivity contribution in [1.82, 2.24) is 10.2 Å². The molecular formula is C14H16F2N2O3. The van der Waals surface area contributed by atoms with E-state index in [1.165, 1.54) is 11.0 Å². The molecule has 1 saturated heterocycles. The molecule has 1 aromatic rings. The second-order valence-electron chi connectivity index (χ2n) is 5.15. The van der Waals surface area contributed by atoms with E-state index in [2.05, 4.69) is 5.32 Å². The summed E-state index contributed by atoms with van der Waals surface area (Å²) in [6, 6.07) is 1.97. The lowest BCUT2D eigenvalue weighted by Gasteiger charge is -2.23. The van der Waals surface area contributed by atoms with E-state index in [4.69, 9.17) is 5.11 Å². The van der Waals surface area contributed by atoms with E-state index >= 15 is 0 Å². The molecule has 21 heavy (non-hydrogen) atoms. The van der Waals surface area contributed by atoms with Crippen molar-refractivity contribution in [3.05, 3.63) is 35.4 Å². The Morgan fingerprint density at radius 3 is 2.71 bits per heavy atom. The third kappa shape index (κ3) is 3.29. The topological polar surface area (TPSA) is 69.6 Å². The smallest absolute Gasteiger partial charge is 0.326 e. The second-order valence-corrected chi connectivity index (χ2v) is 5.15. The van der Waals surface area contributed by atoms with Crippen LogP contribution < -0.4 is 5.32 Å². The summed E-state index contributed by atoms with van der Waals surface area (Å²) in [5.41, 5.74) is 0.404. The van der Waals surface area contributed by atoms with Gasteiger partial charge in [0, 0.05) is 13.1 Å². The highest BCUT2D eigenvalue weighted by atomic mass is 19.2. The summed E-state index contributed by atoms with van der Waals surface area (Å²) in [5.74, 6) is -3.09. The molecule has 0 saturated carbocycles. The number of rotatable bonds is 3. The number of carboxylic acids is 1. The van der Waals surface area contributed by atoms with Crippen LogP contribution in [0.15, 0.2) is 18.2 Å². The summed E-state index contributed by atoms with van der Waals surface area (Å²) in [6.07, 6.45) is 0.621. The van der Waals surface area contributed by atoms with Gasteiger partial charge in [0.05, 0.1) is 0 Å². The summed E-state index contributed by atoms with van der Waals surface area (Å²) >= 11 is 0. The zero-order chi connectivity index (χ0) is 15.6. The van der Waals surface area contributed by atoms with Gasteiger partial charge in [-0.1, -0.05) is 13.0 Å². The summed E-state index contributed by atoms with van der Waals surface area (Å²) in [4.78, 5) is 24.4. The molecule has 7 heteroatoms. The number of benzene rings is 1. The molecule has 0 aromatic heterocycles. The molecule has 1 aromatic carbocycles. The van der Waals surface area contributed by atoms with E-state index in [0.29, 0.717) is 18.5 Å². The molecular weight excluding hydrogens is 282 g/mol. The molecule has 1 aliphatic heterocycles. The van der Waals surface area contributed by atoms with Crippen molar-refractivity contribution in [1.29, 1.82) is 0 Å². The highest BCUT2D eigenvalue weighted by Crippen LogP contribution is 2.24. The molecule has 1 fully saturated rings. The van der Waals surface area contributed by atoms with Gasteiger partial charge in [-0.15, -0.1) is 0 Å². The van der Waals surface area contributed by atoms with Crippen LogP contribution in [0.4, 0.5) is 13.6 Å². The fourth-order valence-corrected chi connectivity index (χ4v) is 2.48. The van der Waals surface area contributed by atoms with Crippen LogP contribution in [-0.4, -0.2) is 34.6 Å². The zero-order valence-electron chi connectivity index (χ0n) is 11.5. The first-order valence-electron chi connectivity index (χ1n) is 6.61.